The molecule has 3 nitrogen and oxygen atoms in total. The van der Waals surface area contributed by atoms with Gasteiger partial charge in [-0.05, 0) is 25.9 Å². The van der Waals surface area contributed by atoms with Crippen LogP contribution in [-0.2, 0) is 0 Å². The maximum atomic E-state index is 10.6. The minimum absolute atomic E-state index is 0.569. The van der Waals surface area contributed by atoms with Crippen LogP contribution in [-0.4, -0.2) is 59.8 Å². The van der Waals surface area contributed by atoms with Gasteiger partial charge in [0.2, 0.25) is 0 Å². The van der Waals surface area contributed by atoms with Crippen molar-refractivity contribution in [3.05, 3.63) is 25.3 Å². The molecular weight excluding hydrogens is 212 g/mol. The van der Waals surface area contributed by atoms with E-state index in [-0.39, 0.29) is 0 Å². The van der Waals surface area contributed by atoms with Crippen LogP contribution in [0.15, 0.2) is 25.3 Å². The van der Waals surface area contributed by atoms with E-state index in [1.54, 1.807) is 0 Å². The number of nitrogens with zero attached hydrogens (tertiary/aromatic N) is 2. The molecule has 17 heavy (non-hydrogen) atoms. The van der Waals surface area contributed by atoms with Gasteiger partial charge in [-0.2, -0.15) is 0 Å². The first-order chi connectivity index (χ1) is 8.13. The molecule has 0 spiro atoms. The highest BCUT2D eigenvalue weighted by Gasteiger charge is 2.33. The van der Waals surface area contributed by atoms with E-state index in [9.17, 15) is 5.11 Å². The summed E-state index contributed by atoms with van der Waals surface area (Å²) in [5.41, 5.74) is -0.569. The van der Waals surface area contributed by atoms with Gasteiger partial charge in [-0.1, -0.05) is 19.1 Å². The minimum Gasteiger partial charge on any atom is -0.387 e. The number of hydrogen-bond donors (Lipinski definition) is 1. The molecule has 0 aliphatic carbocycles. The summed E-state index contributed by atoms with van der Waals surface area (Å²) in [6.45, 7) is 14.9. The Balaban J connectivity index is 2.55. The molecule has 98 valence electrons. The molecule has 0 aromatic heterocycles. The van der Waals surface area contributed by atoms with E-state index >= 15 is 0 Å². The highest BCUT2D eigenvalue weighted by atomic mass is 16.3. The summed E-state index contributed by atoms with van der Waals surface area (Å²) < 4.78 is 0. The van der Waals surface area contributed by atoms with Crippen molar-refractivity contribution in [3.8, 4) is 0 Å². The van der Waals surface area contributed by atoms with Gasteiger partial charge in [-0.25, -0.2) is 0 Å². The Morgan fingerprint density at radius 2 is 2.00 bits per heavy atom. The highest BCUT2D eigenvalue weighted by Crippen LogP contribution is 2.22. The van der Waals surface area contributed by atoms with Gasteiger partial charge < -0.3 is 10.0 Å². The summed E-state index contributed by atoms with van der Waals surface area (Å²) in [6.07, 6.45) is 5.75. The molecule has 1 heterocycles. The third-order valence-corrected chi connectivity index (χ3v) is 3.37. The lowest BCUT2D eigenvalue weighted by atomic mass is 9.92. The van der Waals surface area contributed by atoms with Crippen molar-refractivity contribution in [2.45, 2.75) is 25.4 Å². The van der Waals surface area contributed by atoms with E-state index < -0.39 is 5.60 Å². The van der Waals surface area contributed by atoms with Crippen molar-refractivity contribution >= 4 is 0 Å². The first-order valence-electron chi connectivity index (χ1n) is 6.52. The molecule has 0 unspecified atom stereocenters. The fourth-order valence-electron chi connectivity index (χ4n) is 2.59. The van der Waals surface area contributed by atoms with E-state index in [0.29, 0.717) is 6.54 Å². The van der Waals surface area contributed by atoms with Crippen molar-refractivity contribution in [2.24, 2.45) is 0 Å². The molecule has 1 saturated heterocycles. The van der Waals surface area contributed by atoms with Crippen LogP contribution in [0.3, 0.4) is 0 Å². The number of rotatable bonds is 7. The molecule has 1 aliphatic rings. The number of piperidine rings is 1. The molecule has 3 heteroatoms. The number of β-amino-alcohol motifs (C(OH)–C–C–N with tert-alkyl or cyclic N) is 1. The second-order valence-corrected chi connectivity index (χ2v) is 4.97. The number of likely N-dealkylation sites (N-methyl/N-ethyl adjacent to an activating group) is 1. The molecule has 1 N–H and O–H groups in total. The summed E-state index contributed by atoms with van der Waals surface area (Å²) >= 11 is 0. The maximum absolute atomic E-state index is 10.6. The van der Waals surface area contributed by atoms with Crippen molar-refractivity contribution in [1.82, 2.24) is 9.80 Å². The number of aliphatic hydroxyl groups is 1. The molecular formula is C14H26N2O. The van der Waals surface area contributed by atoms with Crippen LogP contribution >= 0.6 is 0 Å². The van der Waals surface area contributed by atoms with E-state index in [1.807, 2.05) is 12.2 Å². The molecule has 0 saturated carbocycles. The van der Waals surface area contributed by atoms with Gasteiger partial charge in [0.1, 0.15) is 0 Å². The van der Waals surface area contributed by atoms with Crippen molar-refractivity contribution in [3.63, 3.8) is 0 Å². The smallest absolute Gasteiger partial charge is 0.0900 e. The van der Waals surface area contributed by atoms with Gasteiger partial charge >= 0.3 is 0 Å². The standard InChI is InChI=1S/C14H26N2O/c1-4-9-16(10-5-2)13-14(17)8-7-11-15(6-3)12-14/h4-5,17H,1-2,6-13H2,3H3/t14-/m1/s1. The zero-order valence-corrected chi connectivity index (χ0v) is 11.1. The van der Waals surface area contributed by atoms with Crippen LogP contribution in [0, 0.1) is 0 Å². The lowest BCUT2D eigenvalue weighted by Gasteiger charge is -2.41. The van der Waals surface area contributed by atoms with E-state index in [2.05, 4.69) is 29.9 Å². The zero-order chi connectivity index (χ0) is 12.7. The van der Waals surface area contributed by atoms with Crippen LogP contribution in [0.1, 0.15) is 19.8 Å². The van der Waals surface area contributed by atoms with Crippen molar-refractivity contribution in [1.29, 1.82) is 0 Å². The van der Waals surface area contributed by atoms with Gasteiger partial charge in [-0.15, -0.1) is 13.2 Å². The topological polar surface area (TPSA) is 26.7 Å². The Kier molecular flexibility index (Phi) is 5.89. The quantitative estimate of drug-likeness (QED) is 0.681. The summed E-state index contributed by atoms with van der Waals surface area (Å²) in [4.78, 5) is 4.52. The second-order valence-electron chi connectivity index (χ2n) is 4.97. The largest absolute Gasteiger partial charge is 0.387 e. The normalized spacial score (nSPS) is 26.1. The first-order valence-corrected chi connectivity index (χ1v) is 6.52. The summed E-state index contributed by atoms with van der Waals surface area (Å²) in [5, 5.41) is 10.6. The molecule has 1 rings (SSSR count). The zero-order valence-electron chi connectivity index (χ0n) is 11.1. The third-order valence-electron chi connectivity index (χ3n) is 3.37. The number of likely N-dealkylation sites (tertiary alicyclic amines) is 1. The average Bonchev–Trinajstić information content (AvgIpc) is 2.29. The molecule has 1 atom stereocenters. The van der Waals surface area contributed by atoms with Crippen LogP contribution in [0.4, 0.5) is 0 Å². The Morgan fingerprint density at radius 3 is 2.53 bits per heavy atom. The van der Waals surface area contributed by atoms with Crippen LogP contribution < -0.4 is 0 Å². The average molecular weight is 238 g/mol. The molecule has 0 aromatic carbocycles. The van der Waals surface area contributed by atoms with E-state index in [4.69, 9.17) is 0 Å². The molecule has 0 bridgehead atoms. The Labute approximate surface area is 105 Å². The molecule has 1 aliphatic heterocycles. The molecule has 1 fully saturated rings. The van der Waals surface area contributed by atoms with Crippen LogP contribution in [0.2, 0.25) is 0 Å². The summed E-state index contributed by atoms with van der Waals surface area (Å²) in [6, 6.07) is 0. The monoisotopic (exact) mass is 238 g/mol. The lowest BCUT2D eigenvalue weighted by Crippen LogP contribution is -2.54. The number of hydrogen-bond acceptors (Lipinski definition) is 3. The van der Waals surface area contributed by atoms with Gasteiger partial charge in [0, 0.05) is 26.2 Å². The van der Waals surface area contributed by atoms with Gasteiger partial charge in [0.25, 0.3) is 0 Å². The molecule has 0 radical (unpaired) electrons. The van der Waals surface area contributed by atoms with Crippen LogP contribution in [0.25, 0.3) is 0 Å². The lowest BCUT2D eigenvalue weighted by molar-refractivity contribution is -0.0486. The summed E-state index contributed by atoms with van der Waals surface area (Å²) in [7, 11) is 0. The first kappa shape index (κ1) is 14.4. The van der Waals surface area contributed by atoms with Gasteiger partial charge in [0.15, 0.2) is 0 Å². The fourth-order valence-corrected chi connectivity index (χ4v) is 2.59. The van der Waals surface area contributed by atoms with E-state index in [0.717, 1.165) is 45.6 Å². The SMILES string of the molecule is C=CCN(CC=C)C[C@@]1(O)CCCN(CC)C1. The summed E-state index contributed by atoms with van der Waals surface area (Å²) in [5.74, 6) is 0. The fraction of sp³-hybridized carbons (Fsp3) is 0.714. The minimum atomic E-state index is -0.569. The second kappa shape index (κ2) is 6.94. The van der Waals surface area contributed by atoms with Gasteiger partial charge in [0.05, 0.1) is 5.60 Å². The van der Waals surface area contributed by atoms with Gasteiger partial charge in [-0.3, -0.25) is 4.90 Å². The molecule has 0 amide bonds. The predicted molar refractivity (Wildman–Crippen MR) is 73.1 cm³/mol. The van der Waals surface area contributed by atoms with Crippen molar-refractivity contribution in [2.75, 3.05) is 39.3 Å². The van der Waals surface area contributed by atoms with Crippen molar-refractivity contribution < 1.29 is 5.11 Å². The van der Waals surface area contributed by atoms with E-state index in [1.165, 1.54) is 0 Å². The predicted octanol–water partition coefficient (Wildman–Crippen LogP) is 1.51. The maximum Gasteiger partial charge on any atom is 0.0900 e. The van der Waals surface area contributed by atoms with Crippen LogP contribution in [0.5, 0.6) is 0 Å². The Morgan fingerprint density at radius 1 is 1.35 bits per heavy atom. The Hall–Kier alpha value is -0.640. The molecule has 0 aromatic rings. The third kappa shape index (κ3) is 4.62. The highest BCUT2D eigenvalue weighted by molar-refractivity contribution is 4.92. The Bertz CT molecular complexity index is 245.